The molecule has 9 nitrogen and oxygen atoms in total. The first-order valence-electron chi connectivity index (χ1n) is 15.9. The van der Waals surface area contributed by atoms with Crippen LogP contribution in [0.1, 0.15) is 30.5 Å². The molecule has 254 valence electrons. The summed E-state index contributed by atoms with van der Waals surface area (Å²) in [5.41, 5.74) is 5.42. The molecule has 1 N–H and O–H groups in total. The molecule has 2 heterocycles. The molecule has 1 amide bonds. The minimum Gasteiger partial charge on any atom is -0.489 e. The van der Waals surface area contributed by atoms with E-state index in [2.05, 4.69) is 33.9 Å². The molecule has 0 bridgehead atoms. The van der Waals surface area contributed by atoms with Gasteiger partial charge < -0.3 is 14.8 Å². The molecule has 0 unspecified atom stereocenters. The summed E-state index contributed by atoms with van der Waals surface area (Å²) in [5, 5.41) is 3.81. The Bertz CT molecular complexity index is 1780. The SMILES string of the molecule is Cc1ccc(-c2cc(OC(=O)N(C)c3cc(Cl)ccc3Cl)nc(Nc3ccc(OCCN4CCN(C(C)C)CC4)c(F)c3)n2)c(C)c1C. The molecular formula is C36H41Cl2FN6O3. The van der Waals surface area contributed by atoms with E-state index < -0.39 is 11.9 Å². The van der Waals surface area contributed by atoms with Gasteiger partial charge in [0.15, 0.2) is 11.6 Å². The van der Waals surface area contributed by atoms with Crippen molar-refractivity contribution in [3.05, 3.63) is 87.2 Å². The van der Waals surface area contributed by atoms with Crippen LogP contribution in [0.2, 0.25) is 10.0 Å². The molecule has 3 aromatic carbocycles. The lowest BCUT2D eigenvalue weighted by Gasteiger charge is -2.36. The van der Waals surface area contributed by atoms with Crippen LogP contribution < -0.4 is 19.7 Å². The summed E-state index contributed by atoms with van der Waals surface area (Å²) >= 11 is 12.5. The van der Waals surface area contributed by atoms with Gasteiger partial charge in [-0.3, -0.25) is 14.7 Å². The fourth-order valence-electron chi connectivity index (χ4n) is 5.52. The van der Waals surface area contributed by atoms with Gasteiger partial charge in [0, 0.05) is 74.2 Å². The molecule has 0 spiro atoms. The normalized spacial score (nSPS) is 13.9. The fraction of sp³-hybridized carbons (Fsp3) is 0.361. The maximum absolute atomic E-state index is 15.2. The third kappa shape index (κ3) is 8.54. The van der Waals surface area contributed by atoms with Gasteiger partial charge in [0.25, 0.3) is 0 Å². The standard InChI is InChI=1S/C36H41Cl2FN6O3/c1-22(2)45-15-13-44(14-16-45)17-18-47-33-12-9-27(20-30(33)39)40-35-41-31(28-10-7-23(3)24(4)25(28)5)21-34(42-35)48-36(46)43(6)32-19-26(37)8-11-29(32)38/h7-12,19-22H,13-18H2,1-6H3,(H,40,41,42). The van der Waals surface area contributed by atoms with Gasteiger partial charge in [0.1, 0.15) is 6.61 Å². The van der Waals surface area contributed by atoms with E-state index in [9.17, 15) is 4.79 Å². The minimum absolute atomic E-state index is 0.00946. The molecule has 48 heavy (non-hydrogen) atoms. The summed E-state index contributed by atoms with van der Waals surface area (Å²) in [4.78, 5) is 28.4. The fourth-order valence-corrected chi connectivity index (χ4v) is 5.93. The van der Waals surface area contributed by atoms with E-state index in [-0.39, 0.29) is 17.6 Å². The van der Waals surface area contributed by atoms with Gasteiger partial charge in [0.2, 0.25) is 11.8 Å². The number of halogens is 3. The van der Waals surface area contributed by atoms with E-state index in [0.29, 0.717) is 39.8 Å². The topological polar surface area (TPSA) is 83.1 Å². The van der Waals surface area contributed by atoms with Crippen molar-refractivity contribution in [1.29, 1.82) is 0 Å². The Kier molecular flexibility index (Phi) is 11.4. The second-order valence-corrected chi connectivity index (χ2v) is 13.1. The number of piperazine rings is 1. The van der Waals surface area contributed by atoms with E-state index >= 15 is 4.39 Å². The smallest absolute Gasteiger partial charge is 0.420 e. The quantitative estimate of drug-likeness (QED) is 0.178. The number of aryl methyl sites for hydroxylation is 1. The molecule has 0 atom stereocenters. The third-order valence-electron chi connectivity index (χ3n) is 8.76. The predicted octanol–water partition coefficient (Wildman–Crippen LogP) is 8.30. The molecule has 0 aliphatic carbocycles. The van der Waals surface area contributed by atoms with Crippen LogP contribution in [0.5, 0.6) is 11.6 Å². The number of nitrogens with one attached hydrogen (secondary N) is 1. The van der Waals surface area contributed by atoms with E-state index in [1.807, 2.05) is 32.9 Å². The molecule has 1 saturated heterocycles. The number of benzene rings is 3. The van der Waals surface area contributed by atoms with E-state index in [0.717, 1.165) is 55.0 Å². The first-order valence-corrected chi connectivity index (χ1v) is 16.7. The molecule has 1 aliphatic heterocycles. The second kappa shape index (κ2) is 15.5. The molecule has 0 saturated carbocycles. The van der Waals surface area contributed by atoms with Crippen molar-refractivity contribution in [1.82, 2.24) is 19.8 Å². The Labute approximate surface area is 291 Å². The molecule has 1 fully saturated rings. The molecule has 4 aromatic rings. The van der Waals surface area contributed by atoms with Crippen LogP contribution in [0, 0.1) is 26.6 Å². The Hall–Kier alpha value is -3.96. The zero-order valence-electron chi connectivity index (χ0n) is 28.1. The first kappa shape index (κ1) is 35.3. The van der Waals surface area contributed by atoms with Crippen molar-refractivity contribution in [2.75, 3.05) is 56.6 Å². The van der Waals surface area contributed by atoms with Crippen molar-refractivity contribution in [2.24, 2.45) is 0 Å². The van der Waals surface area contributed by atoms with Crippen molar-refractivity contribution in [3.8, 4) is 22.9 Å². The van der Waals surface area contributed by atoms with Gasteiger partial charge in [-0.25, -0.2) is 14.2 Å². The number of ether oxygens (including phenoxy) is 2. The Balaban J connectivity index is 1.34. The summed E-state index contributed by atoms with van der Waals surface area (Å²) in [6.45, 7) is 15.6. The number of nitrogens with zero attached hydrogens (tertiary/aromatic N) is 5. The number of anilines is 3. The van der Waals surface area contributed by atoms with Crippen molar-refractivity contribution >= 4 is 46.6 Å². The van der Waals surface area contributed by atoms with Crippen LogP contribution in [0.4, 0.5) is 26.5 Å². The van der Waals surface area contributed by atoms with E-state index in [4.69, 9.17) is 37.7 Å². The highest BCUT2D eigenvalue weighted by atomic mass is 35.5. The number of amides is 1. The van der Waals surface area contributed by atoms with Crippen molar-refractivity contribution < 1.29 is 18.7 Å². The first-order chi connectivity index (χ1) is 22.9. The molecule has 12 heteroatoms. The second-order valence-electron chi connectivity index (χ2n) is 12.2. The van der Waals surface area contributed by atoms with Gasteiger partial charge in [-0.15, -0.1) is 0 Å². The lowest BCUT2D eigenvalue weighted by atomic mass is 9.97. The van der Waals surface area contributed by atoms with Gasteiger partial charge in [-0.1, -0.05) is 35.3 Å². The number of carbonyl (C=O) groups excluding carboxylic acids is 1. The van der Waals surface area contributed by atoms with Gasteiger partial charge in [0.05, 0.1) is 16.4 Å². The Morgan fingerprint density at radius 1 is 0.979 bits per heavy atom. The molecule has 5 rings (SSSR count). The zero-order chi connectivity index (χ0) is 34.5. The zero-order valence-corrected chi connectivity index (χ0v) is 29.6. The monoisotopic (exact) mass is 694 g/mol. The average Bonchev–Trinajstić information content (AvgIpc) is 3.05. The number of aromatic nitrogens is 2. The maximum atomic E-state index is 15.2. The summed E-state index contributed by atoms with van der Waals surface area (Å²) in [6, 6.07) is 15.5. The van der Waals surface area contributed by atoms with Crippen LogP contribution in [-0.2, 0) is 0 Å². The molecule has 1 aliphatic rings. The lowest BCUT2D eigenvalue weighted by Crippen LogP contribution is -2.49. The van der Waals surface area contributed by atoms with Crippen LogP contribution in [-0.4, -0.2) is 78.3 Å². The summed E-state index contributed by atoms with van der Waals surface area (Å²) in [6.07, 6.45) is -0.735. The largest absolute Gasteiger partial charge is 0.489 e. The summed E-state index contributed by atoms with van der Waals surface area (Å²) < 4.78 is 26.7. The average molecular weight is 696 g/mol. The third-order valence-corrected chi connectivity index (χ3v) is 9.32. The predicted molar refractivity (Wildman–Crippen MR) is 191 cm³/mol. The molecular weight excluding hydrogens is 654 g/mol. The highest BCUT2D eigenvalue weighted by molar-refractivity contribution is 6.35. The van der Waals surface area contributed by atoms with Gasteiger partial charge in [-0.05, 0) is 81.6 Å². The van der Waals surface area contributed by atoms with Crippen molar-refractivity contribution in [3.63, 3.8) is 0 Å². The Morgan fingerprint density at radius 3 is 2.44 bits per heavy atom. The molecule has 1 aromatic heterocycles. The number of hydrogen-bond donors (Lipinski definition) is 1. The lowest BCUT2D eigenvalue weighted by molar-refractivity contribution is 0.0965. The highest BCUT2D eigenvalue weighted by Crippen LogP contribution is 2.32. The van der Waals surface area contributed by atoms with Crippen LogP contribution in [0.3, 0.4) is 0 Å². The van der Waals surface area contributed by atoms with Crippen molar-refractivity contribution in [2.45, 2.75) is 40.7 Å². The Morgan fingerprint density at radius 2 is 1.73 bits per heavy atom. The molecule has 0 radical (unpaired) electrons. The number of rotatable bonds is 10. The van der Waals surface area contributed by atoms with Gasteiger partial charge >= 0.3 is 6.09 Å². The number of carbonyl (C=O) groups is 1. The van der Waals surface area contributed by atoms with E-state index in [1.54, 1.807) is 36.4 Å². The van der Waals surface area contributed by atoms with Crippen LogP contribution >= 0.6 is 23.2 Å². The minimum atomic E-state index is -0.735. The summed E-state index contributed by atoms with van der Waals surface area (Å²) in [5.74, 6) is -0.244. The van der Waals surface area contributed by atoms with Gasteiger partial charge in [-0.2, -0.15) is 4.98 Å². The van der Waals surface area contributed by atoms with E-state index in [1.165, 1.54) is 18.0 Å². The number of hydrogen-bond acceptors (Lipinski definition) is 8. The van der Waals surface area contributed by atoms with Crippen LogP contribution in [0.25, 0.3) is 11.3 Å². The highest BCUT2D eigenvalue weighted by Gasteiger charge is 2.21. The maximum Gasteiger partial charge on any atom is 0.420 e. The summed E-state index contributed by atoms with van der Waals surface area (Å²) in [7, 11) is 1.52. The van der Waals surface area contributed by atoms with Crippen LogP contribution in [0.15, 0.2) is 54.6 Å².